The van der Waals surface area contributed by atoms with Gasteiger partial charge in [-0.15, -0.1) is 22.7 Å². The standard InChI is InChI=1S/C26H22O2S4/c1-5-29-25-21(17-7-11-19(27-3)12-8-17)15-23(31-25)24-16-22(26(32-24)30-6-2)18-9-13-20(28-4)14-10-18/h5-16H,1-2H2,3-4H3. The van der Waals surface area contributed by atoms with Crippen molar-refractivity contribution in [2.45, 2.75) is 8.42 Å². The molecule has 0 atom stereocenters. The summed E-state index contributed by atoms with van der Waals surface area (Å²) in [5.74, 6) is 1.71. The van der Waals surface area contributed by atoms with Gasteiger partial charge in [-0.2, -0.15) is 0 Å². The molecule has 4 aromatic rings. The molecular weight excluding hydrogens is 473 g/mol. The zero-order valence-electron chi connectivity index (χ0n) is 17.8. The summed E-state index contributed by atoms with van der Waals surface area (Å²) in [6.07, 6.45) is 0. The van der Waals surface area contributed by atoms with Crippen molar-refractivity contribution in [2.75, 3.05) is 14.2 Å². The summed E-state index contributed by atoms with van der Waals surface area (Å²) in [4.78, 5) is 2.49. The third kappa shape index (κ3) is 4.84. The number of methoxy groups -OCH3 is 2. The van der Waals surface area contributed by atoms with E-state index in [4.69, 9.17) is 9.47 Å². The molecule has 0 unspecified atom stereocenters. The molecule has 2 nitrogen and oxygen atoms in total. The molecular formula is C26H22O2S4. The van der Waals surface area contributed by atoms with Crippen LogP contribution >= 0.6 is 46.2 Å². The highest BCUT2D eigenvalue weighted by Crippen LogP contribution is 2.49. The Morgan fingerprint density at radius 3 is 1.34 bits per heavy atom. The van der Waals surface area contributed by atoms with E-state index in [1.54, 1.807) is 60.4 Å². The minimum atomic E-state index is 0.857. The van der Waals surface area contributed by atoms with Crippen molar-refractivity contribution >= 4 is 46.2 Å². The van der Waals surface area contributed by atoms with Crippen LogP contribution in [0.4, 0.5) is 0 Å². The van der Waals surface area contributed by atoms with Gasteiger partial charge in [-0.25, -0.2) is 0 Å². The second-order valence-corrected chi connectivity index (χ2v) is 11.2. The molecule has 0 saturated heterocycles. The van der Waals surface area contributed by atoms with Crippen molar-refractivity contribution < 1.29 is 9.47 Å². The number of benzene rings is 2. The van der Waals surface area contributed by atoms with Crippen LogP contribution < -0.4 is 9.47 Å². The van der Waals surface area contributed by atoms with Crippen LogP contribution in [0.3, 0.4) is 0 Å². The number of hydrogen-bond acceptors (Lipinski definition) is 6. The van der Waals surface area contributed by atoms with E-state index in [1.807, 2.05) is 35.1 Å². The van der Waals surface area contributed by atoms with E-state index in [-0.39, 0.29) is 0 Å². The largest absolute Gasteiger partial charge is 0.497 e. The van der Waals surface area contributed by atoms with Crippen molar-refractivity contribution in [3.8, 4) is 43.5 Å². The van der Waals surface area contributed by atoms with Crippen LogP contribution in [0.2, 0.25) is 0 Å². The molecule has 2 aromatic carbocycles. The Hall–Kier alpha value is -2.38. The van der Waals surface area contributed by atoms with Gasteiger partial charge < -0.3 is 9.47 Å². The number of hydrogen-bond donors (Lipinski definition) is 0. The summed E-state index contributed by atoms with van der Waals surface area (Å²) in [5.41, 5.74) is 4.78. The van der Waals surface area contributed by atoms with Gasteiger partial charge in [0.1, 0.15) is 11.5 Å². The predicted octanol–water partition coefficient (Wildman–Crippen LogP) is 9.30. The lowest BCUT2D eigenvalue weighted by molar-refractivity contribution is 0.415. The lowest BCUT2D eigenvalue weighted by Crippen LogP contribution is -1.82. The lowest BCUT2D eigenvalue weighted by Gasteiger charge is -2.03. The van der Waals surface area contributed by atoms with E-state index >= 15 is 0 Å². The molecule has 0 aliphatic heterocycles. The number of thiophene rings is 2. The SMILES string of the molecule is C=CSc1sc(-c2cc(-c3ccc(OC)cc3)c(SC=C)s2)cc1-c1ccc(OC)cc1. The van der Waals surface area contributed by atoms with Gasteiger partial charge in [0, 0.05) is 20.9 Å². The molecule has 0 spiro atoms. The fourth-order valence-corrected chi connectivity index (χ4v) is 7.40. The molecule has 2 aromatic heterocycles. The second kappa shape index (κ2) is 10.5. The fourth-order valence-electron chi connectivity index (χ4n) is 3.26. The summed E-state index contributed by atoms with van der Waals surface area (Å²) >= 11 is 6.93. The third-order valence-electron chi connectivity index (χ3n) is 4.82. The van der Waals surface area contributed by atoms with E-state index in [2.05, 4.69) is 49.6 Å². The average molecular weight is 495 g/mol. The fraction of sp³-hybridized carbons (Fsp3) is 0.0769. The van der Waals surface area contributed by atoms with Crippen LogP contribution in [0.25, 0.3) is 32.0 Å². The average Bonchev–Trinajstić information content (AvgIpc) is 3.44. The highest BCUT2D eigenvalue weighted by molar-refractivity contribution is 8.04. The van der Waals surface area contributed by atoms with E-state index in [9.17, 15) is 0 Å². The number of ether oxygens (including phenoxy) is 2. The van der Waals surface area contributed by atoms with E-state index in [0.29, 0.717) is 0 Å². The van der Waals surface area contributed by atoms with Crippen molar-refractivity contribution in [1.29, 1.82) is 0 Å². The van der Waals surface area contributed by atoms with Crippen LogP contribution in [-0.4, -0.2) is 14.2 Å². The van der Waals surface area contributed by atoms with E-state index < -0.39 is 0 Å². The van der Waals surface area contributed by atoms with Crippen LogP contribution in [0, 0.1) is 0 Å². The van der Waals surface area contributed by atoms with Crippen molar-refractivity contribution in [2.24, 2.45) is 0 Å². The maximum Gasteiger partial charge on any atom is 0.118 e. The van der Waals surface area contributed by atoms with Gasteiger partial charge >= 0.3 is 0 Å². The van der Waals surface area contributed by atoms with Gasteiger partial charge in [-0.05, 0) is 58.3 Å². The third-order valence-corrected chi connectivity index (χ3v) is 9.16. The zero-order chi connectivity index (χ0) is 22.5. The summed E-state index contributed by atoms with van der Waals surface area (Å²) in [5, 5.41) is 3.78. The van der Waals surface area contributed by atoms with Crippen LogP contribution in [-0.2, 0) is 0 Å². The van der Waals surface area contributed by atoms with Crippen LogP contribution in [0.5, 0.6) is 11.5 Å². The van der Waals surface area contributed by atoms with Gasteiger partial charge in [0.25, 0.3) is 0 Å². The first-order chi connectivity index (χ1) is 15.7. The minimum absolute atomic E-state index is 0.857. The maximum atomic E-state index is 5.32. The van der Waals surface area contributed by atoms with Crippen molar-refractivity contribution in [3.63, 3.8) is 0 Å². The van der Waals surface area contributed by atoms with Gasteiger partial charge in [0.2, 0.25) is 0 Å². The quantitative estimate of drug-likeness (QED) is 0.216. The summed E-state index contributed by atoms with van der Waals surface area (Å²) < 4.78 is 13.1. The Labute approximate surface area is 205 Å². The second-order valence-electron chi connectivity index (χ2n) is 6.65. The van der Waals surface area contributed by atoms with Crippen LogP contribution in [0.15, 0.2) is 93.1 Å². The molecule has 0 aliphatic rings. The maximum absolute atomic E-state index is 5.32. The summed E-state index contributed by atoms with van der Waals surface area (Å²) in [6, 6.07) is 21.0. The van der Waals surface area contributed by atoms with Gasteiger partial charge in [0.15, 0.2) is 0 Å². The molecule has 0 fully saturated rings. The van der Waals surface area contributed by atoms with Crippen molar-refractivity contribution in [3.05, 3.63) is 84.6 Å². The molecule has 0 N–H and O–H groups in total. The van der Waals surface area contributed by atoms with Gasteiger partial charge in [0.05, 0.1) is 22.6 Å². The first kappa shape index (κ1) is 22.8. The monoisotopic (exact) mass is 494 g/mol. The smallest absolute Gasteiger partial charge is 0.118 e. The first-order valence-electron chi connectivity index (χ1n) is 9.78. The normalized spacial score (nSPS) is 10.7. The lowest BCUT2D eigenvalue weighted by atomic mass is 10.1. The first-order valence-corrected chi connectivity index (χ1v) is 13.2. The Balaban J connectivity index is 1.76. The molecule has 6 heteroatoms. The highest BCUT2D eigenvalue weighted by atomic mass is 32.2. The summed E-state index contributed by atoms with van der Waals surface area (Å²) in [6.45, 7) is 7.85. The molecule has 2 heterocycles. The van der Waals surface area contributed by atoms with Gasteiger partial charge in [-0.3, -0.25) is 0 Å². The zero-order valence-corrected chi connectivity index (χ0v) is 21.1. The topological polar surface area (TPSA) is 18.5 Å². The molecule has 4 rings (SSSR count). The van der Waals surface area contributed by atoms with Crippen molar-refractivity contribution in [1.82, 2.24) is 0 Å². The minimum Gasteiger partial charge on any atom is -0.497 e. The molecule has 32 heavy (non-hydrogen) atoms. The van der Waals surface area contributed by atoms with Gasteiger partial charge in [-0.1, -0.05) is 60.9 Å². The molecule has 0 radical (unpaired) electrons. The Kier molecular flexibility index (Phi) is 7.48. The highest BCUT2D eigenvalue weighted by Gasteiger charge is 2.17. The Bertz CT molecular complexity index is 1120. The summed E-state index contributed by atoms with van der Waals surface area (Å²) in [7, 11) is 3.37. The Morgan fingerprint density at radius 1 is 0.656 bits per heavy atom. The number of rotatable bonds is 9. The molecule has 0 saturated carbocycles. The molecule has 162 valence electrons. The Morgan fingerprint density at radius 2 is 1.03 bits per heavy atom. The number of thioether (sulfide) groups is 2. The van der Waals surface area contributed by atoms with E-state index in [1.165, 1.54) is 40.4 Å². The molecule has 0 aliphatic carbocycles. The van der Waals surface area contributed by atoms with Crippen LogP contribution in [0.1, 0.15) is 0 Å². The molecule has 0 bridgehead atoms. The van der Waals surface area contributed by atoms with E-state index in [0.717, 1.165) is 11.5 Å². The predicted molar refractivity (Wildman–Crippen MR) is 144 cm³/mol. The molecule has 0 amide bonds.